The summed E-state index contributed by atoms with van der Waals surface area (Å²) in [6.45, 7) is 12.5. The largest absolute Gasteiger partial charge is 0.378 e. The Labute approximate surface area is 241 Å². The van der Waals surface area contributed by atoms with Crippen molar-refractivity contribution in [1.82, 2.24) is 19.8 Å². The van der Waals surface area contributed by atoms with Gasteiger partial charge in [-0.25, -0.2) is 9.37 Å². The maximum Gasteiger partial charge on any atom is 0.143 e. The van der Waals surface area contributed by atoms with Crippen molar-refractivity contribution < 1.29 is 9.13 Å². The molecule has 2 aliphatic heterocycles. The molecule has 3 aromatic rings. The van der Waals surface area contributed by atoms with Crippen molar-refractivity contribution >= 4 is 29.1 Å². The molecule has 2 aromatic heterocycles. The van der Waals surface area contributed by atoms with E-state index in [2.05, 4.69) is 44.3 Å². The van der Waals surface area contributed by atoms with Gasteiger partial charge in [0.25, 0.3) is 0 Å². The van der Waals surface area contributed by atoms with Crippen molar-refractivity contribution in [1.29, 1.82) is 0 Å². The number of piperazine rings is 1. The standard InChI is InChI=1S/C30H40FN7OS/c1-22(2)37-11-9-36(10-12-37)21-23-5-6-26(27(31)17-23)28-18-24(7-8-32-28)34-40-29-19-25(20-33-30(29)35(3)4)38-13-15-39-16-14-38/h5-8,17-20,22H,9-16,21H2,1-4H3,(H,32,34). The quantitative estimate of drug-likeness (QED) is 0.368. The normalized spacial score (nSPS) is 16.9. The molecule has 8 nitrogen and oxygen atoms in total. The molecule has 0 amide bonds. The number of morpholine rings is 1. The second-order valence-electron chi connectivity index (χ2n) is 10.9. The van der Waals surface area contributed by atoms with E-state index in [0.29, 0.717) is 17.3 Å². The first kappa shape index (κ1) is 28.6. The fourth-order valence-corrected chi connectivity index (χ4v) is 6.01. The van der Waals surface area contributed by atoms with E-state index < -0.39 is 0 Å². The maximum atomic E-state index is 15.3. The van der Waals surface area contributed by atoms with Crippen molar-refractivity contribution in [3.05, 3.63) is 60.2 Å². The highest BCUT2D eigenvalue weighted by molar-refractivity contribution is 8.00. The summed E-state index contributed by atoms with van der Waals surface area (Å²) < 4.78 is 24.2. The molecule has 0 aliphatic carbocycles. The van der Waals surface area contributed by atoms with E-state index >= 15 is 4.39 Å². The molecule has 1 aromatic carbocycles. The van der Waals surface area contributed by atoms with Crippen LogP contribution in [0.1, 0.15) is 19.4 Å². The Morgan fingerprint density at radius 2 is 1.77 bits per heavy atom. The van der Waals surface area contributed by atoms with E-state index in [1.54, 1.807) is 12.3 Å². The Morgan fingerprint density at radius 3 is 2.48 bits per heavy atom. The van der Waals surface area contributed by atoms with Gasteiger partial charge in [0.1, 0.15) is 11.6 Å². The number of aromatic nitrogens is 2. The van der Waals surface area contributed by atoms with Gasteiger partial charge in [-0.05, 0) is 61.7 Å². The molecule has 0 atom stereocenters. The summed E-state index contributed by atoms with van der Waals surface area (Å²) in [7, 11) is 3.98. The molecule has 0 radical (unpaired) electrons. The minimum atomic E-state index is -0.243. The van der Waals surface area contributed by atoms with Gasteiger partial charge < -0.3 is 19.3 Å². The van der Waals surface area contributed by atoms with E-state index in [1.165, 1.54) is 11.9 Å². The summed E-state index contributed by atoms with van der Waals surface area (Å²) in [5.74, 6) is 0.643. The van der Waals surface area contributed by atoms with Gasteiger partial charge in [-0.2, -0.15) is 0 Å². The summed E-state index contributed by atoms with van der Waals surface area (Å²) in [6.07, 6.45) is 3.64. The van der Waals surface area contributed by atoms with Crippen molar-refractivity contribution in [3.8, 4) is 11.3 Å². The molecule has 0 unspecified atom stereocenters. The molecule has 40 heavy (non-hydrogen) atoms. The number of rotatable bonds is 9. The third-order valence-electron chi connectivity index (χ3n) is 7.51. The van der Waals surface area contributed by atoms with Gasteiger partial charge in [0.2, 0.25) is 0 Å². The lowest BCUT2D eigenvalue weighted by Crippen LogP contribution is -2.48. The van der Waals surface area contributed by atoms with Gasteiger partial charge in [-0.15, -0.1) is 0 Å². The van der Waals surface area contributed by atoms with Crippen LogP contribution in [0.25, 0.3) is 11.3 Å². The van der Waals surface area contributed by atoms with Gasteiger partial charge in [0.05, 0.1) is 35.7 Å². The predicted octanol–water partition coefficient (Wildman–Crippen LogP) is 4.83. The number of benzene rings is 1. The average molecular weight is 566 g/mol. The molecule has 5 rings (SSSR count). The number of nitrogens with zero attached hydrogens (tertiary/aromatic N) is 6. The van der Waals surface area contributed by atoms with Gasteiger partial charge in [0.15, 0.2) is 0 Å². The minimum absolute atomic E-state index is 0.243. The smallest absolute Gasteiger partial charge is 0.143 e. The number of hydrogen-bond donors (Lipinski definition) is 1. The number of anilines is 3. The third kappa shape index (κ3) is 7.04. The molecule has 10 heteroatoms. The number of nitrogens with one attached hydrogen (secondary N) is 1. The van der Waals surface area contributed by atoms with Crippen LogP contribution in [-0.4, -0.2) is 92.4 Å². The van der Waals surface area contributed by atoms with Crippen LogP contribution in [0.15, 0.2) is 53.7 Å². The molecule has 1 N–H and O–H groups in total. The fourth-order valence-electron chi connectivity index (χ4n) is 5.15. The van der Waals surface area contributed by atoms with Crippen molar-refractivity contribution in [2.45, 2.75) is 31.3 Å². The Kier molecular flexibility index (Phi) is 9.41. The molecule has 214 valence electrons. The minimum Gasteiger partial charge on any atom is -0.378 e. The van der Waals surface area contributed by atoms with Crippen LogP contribution >= 0.6 is 11.9 Å². The second kappa shape index (κ2) is 13.2. The Morgan fingerprint density at radius 1 is 1.00 bits per heavy atom. The molecule has 2 aliphatic rings. The van der Waals surface area contributed by atoms with Gasteiger partial charge in [0, 0.05) is 83.4 Å². The zero-order valence-electron chi connectivity index (χ0n) is 23.9. The molecular weight excluding hydrogens is 525 g/mol. The first-order chi connectivity index (χ1) is 19.4. The summed E-state index contributed by atoms with van der Waals surface area (Å²) in [4.78, 5) is 19.4. The molecular formula is C30H40FN7OS. The number of ether oxygens (including phenoxy) is 1. The first-order valence-electron chi connectivity index (χ1n) is 14.0. The van der Waals surface area contributed by atoms with E-state index in [-0.39, 0.29) is 5.82 Å². The number of hydrogen-bond acceptors (Lipinski definition) is 9. The van der Waals surface area contributed by atoms with Crippen molar-refractivity contribution in [2.75, 3.05) is 81.1 Å². The summed E-state index contributed by atoms with van der Waals surface area (Å²) in [5.41, 5.74) is 4.04. The lowest BCUT2D eigenvalue weighted by Gasteiger charge is -2.36. The average Bonchev–Trinajstić information content (AvgIpc) is 2.97. The van der Waals surface area contributed by atoms with E-state index in [1.807, 2.05) is 49.5 Å². The fraction of sp³-hybridized carbons (Fsp3) is 0.467. The zero-order chi connectivity index (χ0) is 28.1. The molecule has 2 fully saturated rings. The van der Waals surface area contributed by atoms with Crippen LogP contribution in [-0.2, 0) is 11.3 Å². The van der Waals surface area contributed by atoms with Crippen LogP contribution in [0, 0.1) is 5.82 Å². The van der Waals surface area contributed by atoms with Gasteiger partial charge in [-0.3, -0.25) is 14.8 Å². The molecule has 4 heterocycles. The lowest BCUT2D eigenvalue weighted by molar-refractivity contribution is 0.104. The van der Waals surface area contributed by atoms with Crippen LogP contribution in [0.4, 0.5) is 21.6 Å². The summed E-state index contributed by atoms with van der Waals surface area (Å²) in [6, 6.07) is 12.1. The molecule has 0 saturated carbocycles. The zero-order valence-corrected chi connectivity index (χ0v) is 24.8. The van der Waals surface area contributed by atoms with Crippen molar-refractivity contribution in [3.63, 3.8) is 0 Å². The second-order valence-corrected chi connectivity index (χ2v) is 11.7. The first-order valence-corrected chi connectivity index (χ1v) is 14.8. The molecule has 0 bridgehead atoms. The summed E-state index contributed by atoms with van der Waals surface area (Å²) >= 11 is 1.50. The monoisotopic (exact) mass is 565 g/mol. The van der Waals surface area contributed by atoms with Crippen LogP contribution in [0.3, 0.4) is 0 Å². The highest BCUT2D eigenvalue weighted by Gasteiger charge is 2.20. The molecule has 2 saturated heterocycles. The van der Waals surface area contributed by atoms with E-state index in [9.17, 15) is 0 Å². The third-order valence-corrected chi connectivity index (χ3v) is 8.37. The lowest BCUT2D eigenvalue weighted by atomic mass is 10.1. The van der Waals surface area contributed by atoms with E-state index in [4.69, 9.17) is 9.72 Å². The Hall–Kier alpha value is -2.92. The highest BCUT2D eigenvalue weighted by Crippen LogP contribution is 2.33. The summed E-state index contributed by atoms with van der Waals surface area (Å²) in [5, 5.41) is 0. The topological polar surface area (TPSA) is 60.0 Å². The predicted molar refractivity (Wildman–Crippen MR) is 163 cm³/mol. The van der Waals surface area contributed by atoms with Gasteiger partial charge in [-0.1, -0.05) is 6.07 Å². The van der Waals surface area contributed by atoms with Gasteiger partial charge >= 0.3 is 0 Å². The van der Waals surface area contributed by atoms with Crippen LogP contribution < -0.4 is 14.5 Å². The van der Waals surface area contributed by atoms with Crippen molar-refractivity contribution in [2.24, 2.45) is 0 Å². The van der Waals surface area contributed by atoms with Crippen LogP contribution in [0.2, 0.25) is 0 Å². The SMILES string of the molecule is CC(C)N1CCN(Cc2ccc(-c3cc(NSc4cc(N5CCOCC5)cnc4N(C)C)ccn3)c(F)c2)CC1. The maximum absolute atomic E-state index is 15.3. The number of halogens is 1. The van der Waals surface area contributed by atoms with E-state index in [0.717, 1.165) is 86.7 Å². The van der Waals surface area contributed by atoms with Crippen LogP contribution in [0.5, 0.6) is 0 Å². The molecule has 0 spiro atoms. The number of pyridine rings is 2. The Bertz CT molecular complexity index is 1280. The highest BCUT2D eigenvalue weighted by atomic mass is 32.2. The Balaban J connectivity index is 1.26.